The van der Waals surface area contributed by atoms with Crippen molar-refractivity contribution < 1.29 is 19.2 Å². The summed E-state index contributed by atoms with van der Waals surface area (Å²) in [7, 11) is 0. The first kappa shape index (κ1) is 16.6. The number of amides is 1. The Balaban J connectivity index is 3.00. The molecular formula is C14H18N2O5. The summed E-state index contributed by atoms with van der Waals surface area (Å²) in [5.41, 5.74) is -0.584. The minimum Gasteiger partial charge on any atom is -0.444 e. The van der Waals surface area contributed by atoms with Crippen LogP contribution in [0.5, 0.6) is 0 Å². The van der Waals surface area contributed by atoms with Gasteiger partial charge in [-0.15, -0.1) is 0 Å². The quantitative estimate of drug-likeness (QED) is 0.511. The van der Waals surface area contributed by atoms with Gasteiger partial charge in [-0.25, -0.2) is 4.79 Å². The fraction of sp³-hybridized carbons (Fsp3) is 0.429. The number of carbonyl (C=O) groups excluding carboxylic acids is 2. The highest BCUT2D eigenvalue weighted by Crippen LogP contribution is 2.26. The number of para-hydroxylation sites is 1. The van der Waals surface area contributed by atoms with E-state index < -0.39 is 22.7 Å². The molecule has 0 unspecified atom stereocenters. The van der Waals surface area contributed by atoms with E-state index in [1.165, 1.54) is 18.2 Å². The average molecular weight is 294 g/mol. The molecule has 1 atom stereocenters. The van der Waals surface area contributed by atoms with E-state index in [2.05, 4.69) is 5.32 Å². The van der Waals surface area contributed by atoms with E-state index in [-0.39, 0.29) is 17.7 Å². The van der Waals surface area contributed by atoms with Crippen LogP contribution in [0.2, 0.25) is 0 Å². The maximum atomic E-state index is 11.8. The number of aldehydes is 1. The van der Waals surface area contributed by atoms with Crippen molar-refractivity contribution in [3.63, 3.8) is 0 Å². The summed E-state index contributed by atoms with van der Waals surface area (Å²) in [6, 6.07) is 5.15. The Morgan fingerprint density at radius 3 is 2.57 bits per heavy atom. The molecule has 0 heterocycles. The molecule has 1 aromatic rings. The normalized spacial score (nSPS) is 12.3. The van der Waals surface area contributed by atoms with Crippen LogP contribution in [0.1, 0.15) is 38.8 Å². The van der Waals surface area contributed by atoms with Gasteiger partial charge in [0.1, 0.15) is 11.9 Å². The van der Waals surface area contributed by atoms with Crippen LogP contribution in [-0.2, 0) is 9.53 Å². The van der Waals surface area contributed by atoms with E-state index in [9.17, 15) is 19.7 Å². The zero-order chi connectivity index (χ0) is 16.0. The molecule has 0 saturated heterocycles. The smallest absolute Gasteiger partial charge is 0.408 e. The molecule has 21 heavy (non-hydrogen) atoms. The van der Waals surface area contributed by atoms with E-state index in [0.29, 0.717) is 6.29 Å². The van der Waals surface area contributed by atoms with Crippen molar-refractivity contribution in [3.8, 4) is 0 Å². The molecule has 114 valence electrons. The van der Waals surface area contributed by atoms with Crippen molar-refractivity contribution in [1.82, 2.24) is 5.32 Å². The first-order valence-electron chi connectivity index (χ1n) is 6.41. The number of nitrogens with zero attached hydrogens (tertiary/aromatic N) is 1. The number of carbonyl (C=O) groups is 2. The van der Waals surface area contributed by atoms with Crippen LogP contribution < -0.4 is 5.32 Å². The summed E-state index contributed by atoms with van der Waals surface area (Å²) >= 11 is 0. The lowest BCUT2D eigenvalue weighted by molar-refractivity contribution is -0.385. The second-order valence-corrected chi connectivity index (χ2v) is 5.42. The van der Waals surface area contributed by atoms with Crippen molar-refractivity contribution in [2.45, 2.75) is 38.8 Å². The lowest BCUT2D eigenvalue weighted by Gasteiger charge is -2.23. The summed E-state index contributed by atoms with van der Waals surface area (Å²) in [6.45, 7) is 5.10. The Kier molecular flexibility index (Phi) is 5.40. The maximum absolute atomic E-state index is 11.8. The van der Waals surface area contributed by atoms with Crippen LogP contribution in [0.4, 0.5) is 10.5 Å². The number of benzene rings is 1. The number of rotatable bonds is 5. The minimum atomic E-state index is -0.807. The third-order valence-corrected chi connectivity index (χ3v) is 2.53. The highest BCUT2D eigenvalue weighted by atomic mass is 16.6. The van der Waals surface area contributed by atoms with Gasteiger partial charge in [-0.2, -0.15) is 0 Å². The van der Waals surface area contributed by atoms with E-state index in [0.717, 1.165) is 0 Å². The fourth-order valence-electron chi connectivity index (χ4n) is 1.76. The van der Waals surface area contributed by atoms with Gasteiger partial charge in [0.25, 0.3) is 5.69 Å². The predicted molar refractivity (Wildman–Crippen MR) is 75.9 cm³/mol. The van der Waals surface area contributed by atoms with Gasteiger partial charge in [-0.05, 0) is 20.8 Å². The molecule has 7 heteroatoms. The van der Waals surface area contributed by atoms with Crippen LogP contribution in [0, 0.1) is 10.1 Å². The molecule has 0 spiro atoms. The average Bonchev–Trinajstić information content (AvgIpc) is 2.36. The van der Waals surface area contributed by atoms with E-state index in [4.69, 9.17) is 4.74 Å². The number of hydrogen-bond acceptors (Lipinski definition) is 5. The molecule has 1 N–H and O–H groups in total. The lowest BCUT2D eigenvalue weighted by atomic mass is 10.0. The van der Waals surface area contributed by atoms with Gasteiger partial charge in [0.2, 0.25) is 0 Å². The third kappa shape index (κ3) is 5.21. The Bertz CT molecular complexity index is 536. The monoisotopic (exact) mass is 294 g/mol. The summed E-state index contributed by atoms with van der Waals surface area (Å²) in [6.07, 6.45) is -0.212. The van der Waals surface area contributed by atoms with Crippen LogP contribution in [-0.4, -0.2) is 22.9 Å². The highest BCUT2D eigenvalue weighted by Gasteiger charge is 2.25. The zero-order valence-corrected chi connectivity index (χ0v) is 12.2. The van der Waals surface area contributed by atoms with Gasteiger partial charge in [0.15, 0.2) is 0 Å². The molecule has 0 radical (unpaired) electrons. The Morgan fingerprint density at radius 2 is 2.05 bits per heavy atom. The second-order valence-electron chi connectivity index (χ2n) is 5.42. The Morgan fingerprint density at radius 1 is 1.43 bits per heavy atom. The molecule has 1 aromatic carbocycles. The minimum absolute atomic E-state index is 0.0793. The zero-order valence-electron chi connectivity index (χ0n) is 12.2. The molecule has 0 aliphatic carbocycles. The van der Waals surface area contributed by atoms with Crippen molar-refractivity contribution in [2.75, 3.05) is 0 Å². The Labute approximate surface area is 122 Å². The van der Waals surface area contributed by atoms with Gasteiger partial charge in [-0.3, -0.25) is 10.1 Å². The number of nitro groups is 1. The van der Waals surface area contributed by atoms with Gasteiger partial charge >= 0.3 is 6.09 Å². The summed E-state index contributed by atoms with van der Waals surface area (Å²) < 4.78 is 5.10. The van der Waals surface area contributed by atoms with Gasteiger partial charge in [0.05, 0.1) is 16.5 Å². The maximum Gasteiger partial charge on any atom is 0.408 e. The molecule has 0 aliphatic rings. The predicted octanol–water partition coefficient (Wildman–Crippen LogP) is 2.75. The van der Waals surface area contributed by atoms with E-state index >= 15 is 0 Å². The molecule has 7 nitrogen and oxygen atoms in total. The van der Waals surface area contributed by atoms with Gasteiger partial charge < -0.3 is 14.8 Å². The topological polar surface area (TPSA) is 98.5 Å². The summed E-state index contributed by atoms with van der Waals surface area (Å²) in [5, 5.41) is 13.5. The molecular weight excluding hydrogens is 276 g/mol. The largest absolute Gasteiger partial charge is 0.444 e. The lowest BCUT2D eigenvalue weighted by Crippen LogP contribution is -2.35. The van der Waals surface area contributed by atoms with Crippen molar-refractivity contribution in [2.24, 2.45) is 0 Å². The number of ether oxygens (including phenoxy) is 1. The summed E-state index contributed by atoms with van der Waals surface area (Å²) in [5.74, 6) is 0. The molecule has 0 bridgehead atoms. The van der Waals surface area contributed by atoms with Crippen LogP contribution in [0.3, 0.4) is 0 Å². The fourth-order valence-corrected chi connectivity index (χ4v) is 1.76. The molecule has 1 amide bonds. The van der Waals surface area contributed by atoms with Gasteiger partial charge in [-0.1, -0.05) is 18.2 Å². The van der Waals surface area contributed by atoms with Crippen LogP contribution >= 0.6 is 0 Å². The third-order valence-electron chi connectivity index (χ3n) is 2.53. The van der Waals surface area contributed by atoms with Crippen molar-refractivity contribution in [1.29, 1.82) is 0 Å². The van der Waals surface area contributed by atoms with Crippen LogP contribution in [0.15, 0.2) is 24.3 Å². The van der Waals surface area contributed by atoms with Crippen molar-refractivity contribution >= 4 is 18.1 Å². The van der Waals surface area contributed by atoms with Gasteiger partial charge in [0, 0.05) is 12.5 Å². The second kappa shape index (κ2) is 6.83. The first-order valence-corrected chi connectivity index (χ1v) is 6.41. The van der Waals surface area contributed by atoms with Crippen molar-refractivity contribution in [3.05, 3.63) is 39.9 Å². The molecule has 0 aliphatic heterocycles. The molecule has 0 aromatic heterocycles. The molecule has 0 fully saturated rings. The standard InChI is InChI=1S/C14H18N2O5/c1-14(2,3)21-13(18)15-11(8-9-17)10-6-4-5-7-12(10)16(19)20/h4-7,9,11H,8H2,1-3H3,(H,15,18)/t11-/m1/s1. The SMILES string of the molecule is CC(C)(C)OC(=O)N[C@H](CC=O)c1ccccc1[N+](=O)[O-]. The summed E-state index contributed by atoms with van der Waals surface area (Å²) in [4.78, 5) is 33.0. The number of alkyl carbamates (subject to hydrolysis) is 1. The van der Waals surface area contributed by atoms with Crippen LogP contribution in [0.25, 0.3) is 0 Å². The molecule has 1 rings (SSSR count). The number of nitrogens with one attached hydrogen (secondary N) is 1. The first-order chi connectivity index (χ1) is 9.74. The highest BCUT2D eigenvalue weighted by molar-refractivity contribution is 5.69. The van der Waals surface area contributed by atoms with E-state index in [1.807, 2.05) is 0 Å². The number of hydrogen-bond donors (Lipinski definition) is 1. The van der Waals surface area contributed by atoms with E-state index in [1.54, 1.807) is 26.8 Å². The number of nitro benzene ring substituents is 1. The molecule has 0 saturated carbocycles. The Hall–Kier alpha value is -2.44.